The quantitative estimate of drug-likeness (QED) is 0.854. The van der Waals surface area contributed by atoms with Crippen LogP contribution in [0.15, 0.2) is 30.5 Å². The van der Waals surface area contributed by atoms with Crippen molar-refractivity contribution in [2.75, 3.05) is 20.6 Å². The first kappa shape index (κ1) is 17.4. The second-order valence-electron chi connectivity index (χ2n) is 6.46. The molecule has 0 radical (unpaired) electrons. The van der Waals surface area contributed by atoms with E-state index in [1.54, 1.807) is 11.1 Å². The summed E-state index contributed by atoms with van der Waals surface area (Å²) in [5.74, 6) is -1.35. The second-order valence-corrected chi connectivity index (χ2v) is 6.46. The molecule has 0 bridgehead atoms. The zero-order valence-corrected chi connectivity index (χ0v) is 14.2. The number of carbonyl (C=O) groups is 1. The summed E-state index contributed by atoms with van der Waals surface area (Å²) in [6.45, 7) is 1.19. The van der Waals surface area contributed by atoms with E-state index >= 15 is 0 Å². The van der Waals surface area contributed by atoms with Crippen LogP contribution in [0.5, 0.6) is 0 Å². The molecule has 2 heterocycles. The second kappa shape index (κ2) is 7.23. The Hall–Kier alpha value is -2.41. The minimum atomic E-state index is -0.761. The zero-order chi connectivity index (χ0) is 18.0. The fraction of sp³-hybridized carbons (Fsp3) is 0.389. The lowest BCUT2D eigenvalue weighted by Crippen LogP contribution is -2.31. The van der Waals surface area contributed by atoms with E-state index in [4.69, 9.17) is 0 Å². The Morgan fingerprint density at radius 3 is 2.68 bits per heavy atom. The molecule has 2 aromatic rings. The average molecular weight is 346 g/mol. The summed E-state index contributed by atoms with van der Waals surface area (Å²) >= 11 is 0. The average Bonchev–Trinajstić information content (AvgIpc) is 3.02. The molecule has 1 saturated heterocycles. The van der Waals surface area contributed by atoms with Gasteiger partial charge < -0.3 is 9.80 Å². The monoisotopic (exact) mass is 346 g/mol. The molecule has 1 amide bonds. The van der Waals surface area contributed by atoms with Crippen LogP contribution in [-0.4, -0.2) is 46.3 Å². The van der Waals surface area contributed by atoms with E-state index in [1.807, 2.05) is 25.1 Å². The minimum Gasteiger partial charge on any atom is -0.328 e. The summed E-state index contributed by atoms with van der Waals surface area (Å²) in [4.78, 5) is 25.2. The van der Waals surface area contributed by atoms with Gasteiger partial charge in [0.05, 0.1) is 11.7 Å². The highest BCUT2D eigenvalue weighted by Crippen LogP contribution is 2.31. The van der Waals surface area contributed by atoms with E-state index in [0.29, 0.717) is 18.9 Å². The summed E-state index contributed by atoms with van der Waals surface area (Å²) < 4.78 is 26.9. The third kappa shape index (κ3) is 3.99. The number of hydrogen-bond donors (Lipinski definition) is 0. The first-order valence-corrected chi connectivity index (χ1v) is 8.17. The Labute approximate surface area is 145 Å². The van der Waals surface area contributed by atoms with Crippen LogP contribution in [0.2, 0.25) is 0 Å². The fourth-order valence-electron chi connectivity index (χ4n) is 3.11. The van der Waals surface area contributed by atoms with Gasteiger partial charge in [0.25, 0.3) is 5.91 Å². The molecule has 1 aliphatic heterocycles. The highest BCUT2D eigenvalue weighted by atomic mass is 19.1. The first-order valence-electron chi connectivity index (χ1n) is 8.17. The first-order chi connectivity index (χ1) is 11.9. The molecule has 0 aliphatic carbocycles. The predicted octanol–water partition coefficient (Wildman–Crippen LogP) is 2.79. The van der Waals surface area contributed by atoms with Gasteiger partial charge in [-0.2, -0.15) is 0 Å². The van der Waals surface area contributed by atoms with Crippen molar-refractivity contribution in [3.63, 3.8) is 0 Å². The van der Waals surface area contributed by atoms with Crippen molar-refractivity contribution in [3.05, 3.63) is 59.2 Å². The number of amides is 1. The third-order valence-electron chi connectivity index (χ3n) is 4.13. The molecule has 25 heavy (non-hydrogen) atoms. The molecule has 1 aliphatic rings. The van der Waals surface area contributed by atoms with Gasteiger partial charge in [-0.05, 0) is 45.1 Å². The summed E-state index contributed by atoms with van der Waals surface area (Å²) in [5.41, 5.74) is 0.875. The van der Waals surface area contributed by atoms with Crippen LogP contribution in [0.1, 0.15) is 40.8 Å². The molecule has 0 N–H and O–H groups in total. The molecule has 1 aromatic carbocycles. The standard InChI is InChI=1S/C18H20F2N4O/c1-23(2)11-15-5-6-21-17(22-15)16-4-3-7-24(16)18(25)12-8-13(19)10-14(20)9-12/h5-6,8-10,16H,3-4,7,11H2,1-2H3/t16-/m0/s1. The minimum absolute atomic E-state index is 0.00819. The molecule has 0 unspecified atom stereocenters. The topological polar surface area (TPSA) is 49.3 Å². The molecule has 0 saturated carbocycles. The largest absolute Gasteiger partial charge is 0.328 e. The molecular weight excluding hydrogens is 326 g/mol. The van der Waals surface area contributed by atoms with Crippen LogP contribution >= 0.6 is 0 Å². The number of rotatable bonds is 4. The van der Waals surface area contributed by atoms with E-state index in [9.17, 15) is 13.6 Å². The number of carbonyl (C=O) groups excluding carboxylic acids is 1. The van der Waals surface area contributed by atoms with Crippen molar-refractivity contribution in [2.45, 2.75) is 25.4 Å². The van der Waals surface area contributed by atoms with Gasteiger partial charge in [-0.1, -0.05) is 0 Å². The number of nitrogens with zero attached hydrogens (tertiary/aromatic N) is 4. The van der Waals surface area contributed by atoms with Gasteiger partial charge in [-0.3, -0.25) is 4.79 Å². The number of halogens is 2. The van der Waals surface area contributed by atoms with Crippen LogP contribution < -0.4 is 0 Å². The molecule has 132 valence electrons. The zero-order valence-electron chi connectivity index (χ0n) is 14.2. The van der Waals surface area contributed by atoms with Crippen molar-refractivity contribution in [3.8, 4) is 0 Å². The highest BCUT2D eigenvalue weighted by Gasteiger charge is 2.33. The molecule has 7 heteroatoms. The van der Waals surface area contributed by atoms with Crippen molar-refractivity contribution >= 4 is 5.91 Å². The maximum absolute atomic E-state index is 13.4. The van der Waals surface area contributed by atoms with E-state index in [0.717, 1.165) is 36.7 Å². The van der Waals surface area contributed by atoms with Gasteiger partial charge in [0, 0.05) is 30.9 Å². The van der Waals surface area contributed by atoms with Crippen molar-refractivity contribution in [1.29, 1.82) is 0 Å². The van der Waals surface area contributed by atoms with Gasteiger partial charge in [-0.25, -0.2) is 18.7 Å². The highest BCUT2D eigenvalue weighted by molar-refractivity contribution is 5.94. The van der Waals surface area contributed by atoms with Crippen LogP contribution in [0.4, 0.5) is 8.78 Å². The van der Waals surface area contributed by atoms with Crippen LogP contribution in [0.25, 0.3) is 0 Å². The summed E-state index contributed by atoms with van der Waals surface area (Å²) in [6, 6.07) is 4.44. The Morgan fingerprint density at radius 1 is 1.28 bits per heavy atom. The van der Waals surface area contributed by atoms with Crippen molar-refractivity contribution < 1.29 is 13.6 Å². The van der Waals surface area contributed by atoms with Crippen molar-refractivity contribution in [2.24, 2.45) is 0 Å². The normalized spacial score (nSPS) is 17.3. The van der Waals surface area contributed by atoms with Crippen LogP contribution in [-0.2, 0) is 6.54 Å². The molecular formula is C18H20F2N4O. The van der Waals surface area contributed by atoms with E-state index < -0.39 is 17.5 Å². The van der Waals surface area contributed by atoms with Crippen molar-refractivity contribution in [1.82, 2.24) is 19.8 Å². The summed E-state index contributed by atoms with van der Waals surface area (Å²) in [6.07, 6.45) is 3.22. The van der Waals surface area contributed by atoms with Gasteiger partial charge in [0.1, 0.15) is 11.6 Å². The molecule has 5 nitrogen and oxygen atoms in total. The fourth-order valence-corrected chi connectivity index (χ4v) is 3.11. The molecule has 1 aromatic heterocycles. The van der Waals surface area contributed by atoms with Crippen LogP contribution in [0.3, 0.4) is 0 Å². The van der Waals surface area contributed by atoms with Gasteiger partial charge in [0.15, 0.2) is 5.82 Å². The lowest BCUT2D eigenvalue weighted by Gasteiger charge is -2.24. The lowest BCUT2D eigenvalue weighted by molar-refractivity contribution is 0.0728. The Kier molecular flexibility index (Phi) is 5.03. The maximum atomic E-state index is 13.4. The molecule has 0 spiro atoms. The van der Waals surface area contributed by atoms with Gasteiger partial charge >= 0.3 is 0 Å². The molecule has 3 rings (SSSR count). The third-order valence-corrected chi connectivity index (χ3v) is 4.13. The van der Waals surface area contributed by atoms with Crippen LogP contribution in [0, 0.1) is 11.6 Å². The van der Waals surface area contributed by atoms with Gasteiger partial charge in [0.2, 0.25) is 0 Å². The predicted molar refractivity (Wildman–Crippen MR) is 88.8 cm³/mol. The van der Waals surface area contributed by atoms with E-state index in [2.05, 4.69) is 9.97 Å². The van der Waals surface area contributed by atoms with Gasteiger partial charge in [-0.15, -0.1) is 0 Å². The number of likely N-dealkylation sites (tertiary alicyclic amines) is 1. The number of hydrogen-bond acceptors (Lipinski definition) is 4. The Balaban J connectivity index is 1.86. The molecule has 1 atom stereocenters. The SMILES string of the molecule is CN(C)Cc1ccnc([C@@H]2CCCN2C(=O)c2cc(F)cc(F)c2)n1. The maximum Gasteiger partial charge on any atom is 0.254 e. The lowest BCUT2D eigenvalue weighted by atomic mass is 10.1. The summed E-state index contributed by atoms with van der Waals surface area (Å²) in [7, 11) is 3.90. The Morgan fingerprint density at radius 2 is 2.00 bits per heavy atom. The van der Waals surface area contributed by atoms with E-state index in [-0.39, 0.29) is 11.6 Å². The van der Waals surface area contributed by atoms with E-state index in [1.165, 1.54) is 0 Å². The molecule has 1 fully saturated rings. The summed E-state index contributed by atoms with van der Waals surface area (Å²) in [5, 5.41) is 0. The Bertz CT molecular complexity index is 761. The number of benzene rings is 1. The smallest absolute Gasteiger partial charge is 0.254 e. The number of aromatic nitrogens is 2.